The molecule has 0 aromatic carbocycles. The molecule has 0 aliphatic carbocycles. The van der Waals surface area contributed by atoms with E-state index in [9.17, 15) is 5.11 Å². The molecule has 2 rings (SSSR count). The zero-order chi connectivity index (χ0) is 13.1. The molecule has 0 amide bonds. The van der Waals surface area contributed by atoms with Gasteiger partial charge in [0.25, 0.3) is 0 Å². The van der Waals surface area contributed by atoms with Crippen molar-refractivity contribution in [2.45, 2.75) is 36.8 Å². The van der Waals surface area contributed by atoms with Crippen molar-refractivity contribution >= 4 is 0 Å². The summed E-state index contributed by atoms with van der Waals surface area (Å²) in [5.41, 5.74) is 11.7. The van der Waals surface area contributed by atoms with Crippen LogP contribution in [0.1, 0.15) is 25.7 Å². The lowest BCUT2D eigenvalue weighted by Gasteiger charge is -2.40. The Bertz CT molecular complexity index is 261. The predicted molar refractivity (Wildman–Crippen MR) is 69.8 cm³/mol. The van der Waals surface area contributed by atoms with Gasteiger partial charge in [0.1, 0.15) is 0 Å². The fourth-order valence-corrected chi connectivity index (χ4v) is 2.51. The standard InChI is InChI=1S/C12H26N4O2/c13-11(9-17)3-7-16(8-4-11)18-10-12(14)1-5-15-6-2-12/h15,17H,1-10,13-14H2. The Morgan fingerprint density at radius 2 is 1.67 bits per heavy atom. The minimum atomic E-state index is -0.422. The molecule has 0 aromatic rings. The highest BCUT2D eigenvalue weighted by Crippen LogP contribution is 2.21. The van der Waals surface area contributed by atoms with E-state index in [1.54, 1.807) is 0 Å². The summed E-state index contributed by atoms with van der Waals surface area (Å²) < 4.78 is 0. The van der Waals surface area contributed by atoms with Crippen LogP contribution in [0.25, 0.3) is 0 Å². The minimum absolute atomic E-state index is 0.0489. The van der Waals surface area contributed by atoms with Crippen molar-refractivity contribution < 1.29 is 9.94 Å². The lowest BCUT2D eigenvalue weighted by Crippen LogP contribution is -2.56. The van der Waals surface area contributed by atoms with Crippen LogP contribution in [-0.2, 0) is 4.84 Å². The molecule has 0 saturated carbocycles. The van der Waals surface area contributed by atoms with E-state index in [4.69, 9.17) is 16.3 Å². The Kier molecular flexibility index (Phi) is 4.58. The van der Waals surface area contributed by atoms with E-state index in [-0.39, 0.29) is 12.1 Å². The summed E-state index contributed by atoms with van der Waals surface area (Å²) >= 11 is 0. The molecular weight excluding hydrogens is 232 g/mol. The van der Waals surface area contributed by atoms with Gasteiger partial charge in [-0.15, -0.1) is 0 Å². The van der Waals surface area contributed by atoms with Gasteiger partial charge in [0.15, 0.2) is 0 Å². The Morgan fingerprint density at radius 3 is 2.22 bits per heavy atom. The van der Waals surface area contributed by atoms with Crippen LogP contribution in [0.2, 0.25) is 0 Å². The monoisotopic (exact) mass is 258 g/mol. The Labute approximate surface area is 109 Å². The first-order valence-corrected chi connectivity index (χ1v) is 6.83. The molecular formula is C12H26N4O2. The van der Waals surface area contributed by atoms with Crippen molar-refractivity contribution in [2.24, 2.45) is 11.5 Å². The Balaban J connectivity index is 1.72. The fourth-order valence-electron chi connectivity index (χ4n) is 2.51. The van der Waals surface area contributed by atoms with E-state index in [0.29, 0.717) is 6.61 Å². The molecule has 106 valence electrons. The van der Waals surface area contributed by atoms with Crippen LogP contribution < -0.4 is 16.8 Å². The number of aliphatic hydroxyl groups excluding tert-OH is 1. The molecule has 2 saturated heterocycles. The predicted octanol–water partition coefficient (Wildman–Crippen LogP) is -1.22. The molecule has 6 N–H and O–H groups in total. The highest BCUT2D eigenvalue weighted by molar-refractivity contribution is 4.90. The number of nitrogens with zero attached hydrogens (tertiary/aromatic N) is 1. The number of hydrogen-bond acceptors (Lipinski definition) is 6. The summed E-state index contributed by atoms with van der Waals surface area (Å²) in [6.07, 6.45) is 3.45. The first-order valence-electron chi connectivity index (χ1n) is 6.83. The van der Waals surface area contributed by atoms with Crippen molar-refractivity contribution in [3.05, 3.63) is 0 Å². The minimum Gasteiger partial charge on any atom is -0.394 e. The van der Waals surface area contributed by atoms with E-state index in [0.717, 1.165) is 51.9 Å². The summed E-state index contributed by atoms with van der Waals surface area (Å²) in [5, 5.41) is 14.4. The van der Waals surface area contributed by atoms with Crippen LogP contribution in [0.4, 0.5) is 0 Å². The Morgan fingerprint density at radius 1 is 1.06 bits per heavy atom. The third-order valence-electron chi connectivity index (χ3n) is 4.17. The number of nitrogens with two attached hydrogens (primary N) is 2. The second kappa shape index (κ2) is 5.81. The summed E-state index contributed by atoms with van der Waals surface area (Å²) in [6, 6.07) is 0. The lowest BCUT2D eigenvalue weighted by atomic mass is 9.90. The van der Waals surface area contributed by atoms with E-state index in [2.05, 4.69) is 5.32 Å². The second-order valence-electron chi connectivity index (χ2n) is 5.84. The van der Waals surface area contributed by atoms with Crippen molar-refractivity contribution in [1.82, 2.24) is 10.4 Å². The van der Waals surface area contributed by atoms with Gasteiger partial charge in [0.05, 0.1) is 13.2 Å². The quantitative estimate of drug-likeness (QED) is 0.505. The van der Waals surface area contributed by atoms with Crippen LogP contribution >= 0.6 is 0 Å². The van der Waals surface area contributed by atoms with Crippen LogP contribution in [0, 0.1) is 0 Å². The molecule has 0 radical (unpaired) electrons. The van der Waals surface area contributed by atoms with Crippen LogP contribution in [-0.4, -0.2) is 60.6 Å². The zero-order valence-corrected chi connectivity index (χ0v) is 11.0. The van der Waals surface area contributed by atoms with Gasteiger partial charge in [-0.1, -0.05) is 0 Å². The number of nitrogens with one attached hydrogen (secondary N) is 1. The molecule has 2 heterocycles. The van der Waals surface area contributed by atoms with Crippen molar-refractivity contribution in [3.8, 4) is 0 Å². The largest absolute Gasteiger partial charge is 0.394 e. The number of aliphatic hydroxyl groups is 1. The molecule has 6 nitrogen and oxygen atoms in total. The van der Waals surface area contributed by atoms with E-state index < -0.39 is 5.54 Å². The van der Waals surface area contributed by atoms with Gasteiger partial charge in [-0.3, -0.25) is 4.84 Å². The highest BCUT2D eigenvalue weighted by Gasteiger charge is 2.33. The second-order valence-corrected chi connectivity index (χ2v) is 5.84. The average Bonchev–Trinajstić information content (AvgIpc) is 2.39. The molecule has 2 fully saturated rings. The van der Waals surface area contributed by atoms with Crippen LogP contribution in [0.3, 0.4) is 0 Å². The fraction of sp³-hybridized carbons (Fsp3) is 1.00. The number of hydroxylamine groups is 2. The maximum Gasteiger partial charge on any atom is 0.0865 e. The van der Waals surface area contributed by atoms with Crippen LogP contribution in [0.15, 0.2) is 0 Å². The maximum absolute atomic E-state index is 9.20. The van der Waals surface area contributed by atoms with Crippen molar-refractivity contribution in [2.75, 3.05) is 39.4 Å². The number of rotatable bonds is 4. The highest BCUT2D eigenvalue weighted by atomic mass is 16.7. The molecule has 2 aliphatic rings. The first kappa shape index (κ1) is 14.2. The molecule has 0 bridgehead atoms. The van der Waals surface area contributed by atoms with Gasteiger partial charge in [0, 0.05) is 24.2 Å². The summed E-state index contributed by atoms with van der Waals surface area (Å²) in [5.74, 6) is 0. The van der Waals surface area contributed by atoms with Gasteiger partial charge < -0.3 is 21.9 Å². The summed E-state index contributed by atoms with van der Waals surface area (Å²) in [6.45, 7) is 4.10. The zero-order valence-electron chi connectivity index (χ0n) is 11.0. The molecule has 0 unspecified atom stereocenters. The third-order valence-corrected chi connectivity index (χ3v) is 4.17. The van der Waals surface area contributed by atoms with Gasteiger partial charge in [-0.05, 0) is 38.8 Å². The smallest absolute Gasteiger partial charge is 0.0865 e. The normalized spacial score (nSPS) is 28.2. The molecule has 6 heteroatoms. The van der Waals surface area contributed by atoms with E-state index in [1.807, 2.05) is 5.06 Å². The average molecular weight is 258 g/mol. The first-order chi connectivity index (χ1) is 8.55. The number of hydrogen-bond donors (Lipinski definition) is 4. The maximum atomic E-state index is 9.20. The molecule has 18 heavy (non-hydrogen) atoms. The van der Waals surface area contributed by atoms with Crippen molar-refractivity contribution in [3.63, 3.8) is 0 Å². The lowest BCUT2D eigenvalue weighted by molar-refractivity contribution is -0.191. The van der Waals surface area contributed by atoms with Gasteiger partial charge in [-0.25, -0.2) is 0 Å². The van der Waals surface area contributed by atoms with Gasteiger partial charge in [0.2, 0.25) is 0 Å². The number of piperidine rings is 2. The van der Waals surface area contributed by atoms with Crippen molar-refractivity contribution in [1.29, 1.82) is 0 Å². The van der Waals surface area contributed by atoms with Crippen LogP contribution in [0.5, 0.6) is 0 Å². The summed E-state index contributed by atoms with van der Waals surface area (Å²) in [7, 11) is 0. The topological polar surface area (TPSA) is 96.8 Å². The molecule has 0 spiro atoms. The van der Waals surface area contributed by atoms with E-state index in [1.165, 1.54) is 0 Å². The molecule has 0 aromatic heterocycles. The Hall–Kier alpha value is -0.240. The molecule has 0 atom stereocenters. The third kappa shape index (κ3) is 3.63. The van der Waals surface area contributed by atoms with Gasteiger partial charge >= 0.3 is 0 Å². The van der Waals surface area contributed by atoms with Gasteiger partial charge in [-0.2, -0.15) is 5.06 Å². The van der Waals surface area contributed by atoms with E-state index >= 15 is 0 Å². The summed E-state index contributed by atoms with van der Waals surface area (Å²) in [4.78, 5) is 5.81. The SMILES string of the molecule is NC1(CO)CCN(OCC2(N)CCNCC2)CC1. The molecule has 2 aliphatic heterocycles.